The van der Waals surface area contributed by atoms with Crippen molar-refractivity contribution in [1.82, 2.24) is 9.78 Å². The standard InChI is InChI=1S/C11H12ClN3O2/c1-2-5-15-10(17)9(8(12)6-13-15)14-11(7-16)3-4-11/h1,6,14,16H,3-5,7H2. The first-order valence-corrected chi connectivity index (χ1v) is 5.58. The van der Waals surface area contributed by atoms with Gasteiger partial charge in [-0.05, 0) is 12.8 Å². The second-order valence-corrected chi connectivity index (χ2v) is 4.51. The zero-order chi connectivity index (χ0) is 12.5. The molecule has 0 saturated heterocycles. The number of nitrogens with one attached hydrogen (secondary N) is 1. The summed E-state index contributed by atoms with van der Waals surface area (Å²) in [6.07, 6.45) is 8.14. The smallest absolute Gasteiger partial charge is 0.292 e. The third-order valence-electron chi connectivity index (χ3n) is 2.79. The molecule has 0 amide bonds. The molecular weight excluding hydrogens is 242 g/mol. The van der Waals surface area contributed by atoms with Gasteiger partial charge in [0.05, 0.1) is 23.4 Å². The predicted octanol–water partition coefficient (Wildman–Crippen LogP) is 0.467. The first-order chi connectivity index (χ1) is 8.12. The van der Waals surface area contributed by atoms with Gasteiger partial charge in [-0.15, -0.1) is 6.42 Å². The maximum Gasteiger partial charge on any atom is 0.292 e. The van der Waals surface area contributed by atoms with Gasteiger partial charge < -0.3 is 10.4 Å². The molecule has 2 rings (SSSR count). The Morgan fingerprint density at radius 1 is 1.71 bits per heavy atom. The molecule has 0 bridgehead atoms. The fourth-order valence-electron chi connectivity index (χ4n) is 1.52. The minimum atomic E-state index is -0.405. The van der Waals surface area contributed by atoms with Gasteiger partial charge >= 0.3 is 0 Å². The summed E-state index contributed by atoms with van der Waals surface area (Å²) < 4.78 is 1.15. The van der Waals surface area contributed by atoms with Gasteiger partial charge in [-0.25, -0.2) is 4.68 Å². The summed E-state index contributed by atoms with van der Waals surface area (Å²) in [5.41, 5.74) is -0.517. The van der Waals surface area contributed by atoms with Crippen molar-refractivity contribution in [3.8, 4) is 12.3 Å². The molecule has 0 unspecified atom stereocenters. The Labute approximate surface area is 103 Å². The third-order valence-corrected chi connectivity index (χ3v) is 3.07. The SMILES string of the molecule is C#CCn1ncc(Cl)c(NC2(CO)CC2)c1=O. The number of aliphatic hydroxyl groups is 1. The van der Waals surface area contributed by atoms with E-state index < -0.39 is 5.54 Å². The lowest BCUT2D eigenvalue weighted by Gasteiger charge is -2.16. The highest BCUT2D eigenvalue weighted by Gasteiger charge is 2.43. The lowest BCUT2D eigenvalue weighted by Crippen LogP contribution is -2.33. The molecule has 0 radical (unpaired) electrons. The summed E-state index contributed by atoms with van der Waals surface area (Å²) in [5.74, 6) is 2.34. The van der Waals surface area contributed by atoms with E-state index in [9.17, 15) is 9.90 Å². The maximum absolute atomic E-state index is 12.0. The topological polar surface area (TPSA) is 67.2 Å². The number of aromatic nitrogens is 2. The lowest BCUT2D eigenvalue weighted by molar-refractivity contribution is 0.266. The average Bonchev–Trinajstić information content (AvgIpc) is 3.09. The third kappa shape index (κ3) is 2.28. The average molecular weight is 254 g/mol. The molecule has 90 valence electrons. The zero-order valence-electron chi connectivity index (χ0n) is 9.11. The quantitative estimate of drug-likeness (QED) is 0.766. The van der Waals surface area contributed by atoms with E-state index in [1.54, 1.807) is 0 Å². The predicted molar refractivity (Wildman–Crippen MR) is 65.0 cm³/mol. The molecule has 1 heterocycles. The fourth-order valence-corrected chi connectivity index (χ4v) is 1.69. The summed E-state index contributed by atoms with van der Waals surface area (Å²) in [7, 11) is 0. The van der Waals surface area contributed by atoms with E-state index in [1.807, 2.05) is 0 Å². The monoisotopic (exact) mass is 253 g/mol. The molecule has 1 aliphatic carbocycles. The van der Waals surface area contributed by atoms with Crippen LogP contribution in [0.3, 0.4) is 0 Å². The van der Waals surface area contributed by atoms with Gasteiger partial charge in [-0.2, -0.15) is 5.10 Å². The van der Waals surface area contributed by atoms with Gasteiger partial charge in [0, 0.05) is 0 Å². The van der Waals surface area contributed by atoms with Crippen molar-refractivity contribution in [2.45, 2.75) is 24.9 Å². The summed E-state index contributed by atoms with van der Waals surface area (Å²) in [4.78, 5) is 12.0. The Balaban J connectivity index is 2.36. The Kier molecular flexibility index (Phi) is 3.09. The number of rotatable bonds is 4. The number of anilines is 1. The molecule has 0 aromatic carbocycles. The van der Waals surface area contributed by atoms with E-state index in [1.165, 1.54) is 6.20 Å². The lowest BCUT2D eigenvalue weighted by atomic mass is 10.2. The molecule has 0 spiro atoms. The van der Waals surface area contributed by atoms with Gasteiger partial charge in [0.25, 0.3) is 5.56 Å². The first-order valence-electron chi connectivity index (χ1n) is 5.20. The highest BCUT2D eigenvalue weighted by Crippen LogP contribution is 2.38. The molecule has 0 aliphatic heterocycles. The van der Waals surface area contributed by atoms with Crippen LogP contribution >= 0.6 is 11.6 Å². The van der Waals surface area contributed by atoms with E-state index in [4.69, 9.17) is 18.0 Å². The summed E-state index contributed by atoms with van der Waals surface area (Å²) in [6, 6.07) is 0. The molecule has 1 aliphatic rings. The van der Waals surface area contributed by atoms with Gasteiger partial charge in [-0.1, -0.05) is 17.5 Å². The minimum absolute atomic E-state index is 0.0275. The van der Waals surface area contributed by atoms with Crippen LogP contribution in [0.15, 0.2) is 11.0 Å². The first kappa shape index (κ1) is 12.0. The van der Waals surface area contributed by atoms with Crippen molar-refractivity contribution in [2.24, 2.45) is 0 Å². The molecule has 5 nitrogen and oxygen atoms in total. The molecular formula is C11H12ClN3O2. The Hall–Kier alpha value is -1.51. The van der Waals surface area contributed by atoms with Crippen LogP contribution in [0, 0.1) is 12.3 Å². The molecule has 1 aromatic rings. The van der Waals surface area contributed by atoms with E-state index in [0.29, 0.717) is 0 Å². The Morgan fingerprint density at radius 2 is 2.41 bits per heavy atom. The van der Waals surface area contributed by atoms with Gasteiger partial charge in [0.1, 0.15) is 12.2 Å². The van der Waals surface area contributed by atoms with Gasteiger partial charge in [0.2, 0.25) is 0 Å². The number of nitrogens with zero attached hydrogens (tertiary/aromatic N) is 2. The van der Waals surface area contributed by atoms with E-state index in [2.05, 4.69) is 16.3 Å². The molecule has 1 aromatic heterocycles. The Bertz CT molecular complexity index is 528. The zero-order valence-corrected chi connectivity index (χ0v) is 9.87. The van der Waals surface area contributed by atoms with Crippen LogP contribution in [0.2, 0.25) is 5.02 Å². The van der Waals surface area contributed by atoms with Crippen LogP contribution in [-0.2, 0) is 6.54 Å². The van der Waals surface area contributed by atoms with Crippen molar-refractivity contribution in [3.05, 3.63) is 21.6 Å². The van der Waals surface area contributed by atoms with Gasteiger partial charge in [0.15, 0.2) is 0 Å². The summed E-state index contributed by atoms with van der Waals surface area (Å²) >= 11 is 5.92. The number of hydrogen-bond donors (Lipinski definition) is 2. The van der Waals surface area contributed by atoms with Gasteiger partial charge in [-0.3, -0.25) is 4.79 Å². The van der Waals surface area contributed by atoms with Crippen LogP contribution in [-0.4, -0.2) is 27.0 Å². The summed E-state index contributed by atoms with van der Waals surface area (Å²) in [6.45, 7) is 0.0665. The fraction of sp³-hybridized carbons (Fsp3) is 0.455. The normalized spacial score (nSPS) is 16.3. The highest BCUT2D eigenvalue weighted by atomic mass is 35.5. The van der Waals surface area contributed by atoms with Crippen molar-refractivity contribution >= 4 is 17.3 Å². The van der Waals surface area contributed by atoms with Crippen LogP contribution in [0.25, 0.3) is 0 Å². The number of aliphatic hydroxyl groups excluding tert-OH is 1. The van der Waals surface area contributed by atoms with E-state index in [-0.39, 0.29) is 29.4 Å². The minimum Gasteiger partial charge on any atom is -0.394 e. The molecule has 1 fully saturated rings. The van der Waals surface area contributed by atoms with Crippen molar-refractivity contribution in [2.75, 3.05) is 11.9 Å². The molecule has 6 heteroatoms. The second kappa shape index (κ2) is 4.40. The molecule has 17 heavy (non-hydrogen) atoms. The molecule has 1 saturated carbocycles. The van der Waals surface area contributed by atoms with Crippen LogP contribution in [0.5, 0.6) is 0 Å². The van der Waals surface area contributed by atoms with Crippen molar-refractivity contribution in [3.63, 3.8) is 0 Å². The van der Waals surface area contributed by atoms with E-state index in [0.717, 1.165) is 17.5 Å². The second-order valence-electron chi connectivity index (χ2n) is 4.10. The largest absolute Gasteiger partial charge is 0.394 e. The van der Waals surface area contributed by atoms with Crippen LogP contribution in [0.4, 0.5) is 5.69 Å². The van der Waals surface area contributed by atoms with Crippen LogP contribution in [0.1, 0.15) is 12.8 Å². The number of hydrogen-bond acceptors (Lipinski definition) is 4. The Morgan fingerprint density at radius 3 is 2.94 bits per heavy atom. The number of terminal acetylenes is 1. The highest BCUT2D eigenvalue weighted by molar-refractivity contribution is 6.33. The number of halogens is 1. The van der Waals surface area contributed by atoms with Crippen molar-refractivity contribution in [1.29, 1.82) is 0 Å². The molecule has 2 N–H and O–H groups in total. The van der Waals surface area contributed by atoms with Crippen molar-refractivity contribution < 1.29 is 5.11 Å². The summed E-state index contributed by atoms with van der Waals surface area (Å²) in [5, 5.41) is 16.3. The molecule has 0 atom stereocenters. The van der Waals surface area contributed by atoms with Crippen LogP contribution < -0.4 is 10.9 Å². The maximum atomic E-state index is 12.0. The van der Waals surface area contributed by atoms with E-state index >= 15 is 0 Å².